The van der Waals surface area contributed by atoms with E-state index in [4.69, 9.17) is 9.26 Å². The number of pyridine rings is 1. The van der Waals surface area contributed by atoms with Gasteiger partial charge >= 0.3 is 0 Å². The number of methoxy groups -OCH3 is 1. The Labute approximate surface area is 193 Å². The number of ether oxygens (including phenoxy) is 1. The van der Waals surface area contributed by atoms with Crippen molar-refractivity contribution in [3.8, 4) is 17.2 Å². The SMILES string of the molecule is COc1ccccc1CCC(=O)N1CCCN(c2ncccc2-c2nc(C3CC3)no2)CC1. The molecule has 1 aliphatic carbocycles. The van der Waals surface area contributed by atoms with Crippen LogP contribution in [0.4, 0.5) is 5.82 Å². The smallest absolute Gasteiger partial charge is 0.261 e. The van der Waals surface area contributed by atoms with Crippen LogP contribution in [0.25, 0.3) is 11.5 Å². The number of benzene rings is 1. The van der Waals surface area contributed by atoms with Crippen LogP contribution in [0.5, 0.6) is 5.75 Å². The topological polar surface area (TPSA) is 84.6 Å². The number of aromatic nitrogens is 3. The van der Waals surface area contributed by atoms with Gasteiger partial charge in [0.1, 0.15) is 11.6 Å². The molecule has 8 heteroatoms. The molecule has 0 bridgehead atoms. The van der Waals surface area contributed by atoms with Gasteiger partial charge in [0.05, 0.1) is 12.7 Å². The summed E-state index contributed by atoms with van der Waals surface area (Å²) in [6.45, 7) is 2.95. The molecule has 0 unspecified atom stereocenters. The molecule has 8 nitrogen and oxygen atoms in total. The molecule has 33 heavy (non-hydrogen) atoms. The Hall–Kier alpha value is -3.42. The lowest BCUT2D eigenvalue weighted by Gasteiger charge is -2.24. The summed E-state index contributed by atoms with van der Waals surface area (Å²) in [5.41, 5.74) is 1.92. The second-order valence-corrected chi connectivity index (χ2v) is 8.64. The van der Waals surface area contributed by atoms with Gasteiger partial charge < -0.3 is 19.1 Å². The lowest BCUT2D eigenvalue weighted by Crippen LogP contribution is -2.35. The number of aryl methyl sites for hydroxylation is 1. The highest BCUT2D eigenvalue weighted by molar-refractivity contribution is 5.77. The number of hydrogen-bond donors (Lipinski definition) is 0. The minimum atomic E-state index is 0.176. The first-order valence-corrected chi connectivity index (χ1v) is 11.7. The fourth-order valence-electron chi connectivity index (χ4n) is 4.36. The van der Waals surface area contributed by atoms with Crippen molar-refractivity contribution in [2.24, 2.45) is 0 Å². The monoisotopic (exact) mass is 447 g/mol. The molecule has 1 saturated heterocycles. The Morgan fingerprint density at radius 1 is 1.12 bits per heavy atom. The molecule has 0 atom stereocenters. The van der Waals surface area contributed by atoms with Crippen molar-refractivity contribution in [3.05, 3.63) is 54.0 Å². The van der Waals surface area contributed by atoms with E-state index in [1.807, 2.05) is 41.3 Å². The molecule has 1 aromatic carbocycles. The molecule has 2 aromatic heterocycles. The van der Waals surface area contributed by atoms with Crippen LogP contribution in [0.1, 0.15) is 43.0 Å². The lowest BCUT2D eigenvalue weighted by molar-refractivity contribution is -0.130. The molecule has 3 heterocycles. The molecule has 1 aliphatic heterocycles. The van der Waals surface area contributed by atoms with Gasteiger partial charge in [-0.3, -0.25) is 4.79 Å². The minimum Gasteiger partial charge on any atom is -0.496 e. The Morgan fingerprint density at radius 2 is 2.00 bits per heavy atom. The van der Waals surface area contributed by atoms with Crippen molar-refractivity contribution in [3.63, 3.8) is 0 Å². The van der Waals surface area contributed by atoms with E-state index in [0.717, 1.165) is 60.9 Å². The van der Waals surface area contributed by atoms with Crippen molar-refractivity contribution >= 4 is 11.7 Å². The number of rotatable bonds is 7. The van der Waals surface area contributed by atoms with Crippen LogP contribution in [-0.2, 0) is 11.2 Å². The first-order valence-electron chi connectivity index (χ1n) is 11.7. The maximum atomic E-state index is 12.9. The largest absolute Gasteiger partial charge is 0.496 e. The number of anilines is 1. The lowest BCUT2D eigenvalue weighted by atomic mass is 10.1. The van der Waals surface area contributed by atoms with Crippen molar-refractivity contribution in [2.45, 2.75) is 38.0 Å². The summed E-state index contributed by atoms with van der Waals surface area (Å²) in [5, 5.41) is 4.16. The Balaban J connectivity index is 1.24. The standard InChI is InChI=1S/C25H29N5O3/c1-32-21-8-3-2-6-18(21)11-12-22(31)29-14-5-15-30(17-16-29)24-20(7-4-13-26-24)25-27-23(28-33-25)19-9-10-19/h2-4,6-8,13,19H,5,9-12,14-17H2,1H3. The fraction of sp³-hybridized carbons (Fsp3) is 0.440. The molecule has 172 valence electrons. The summed E-state index contributed by atoms with van der Waals surface area (Å²) in [6.07, 6.45) is 6.08. The maximum Gasteiger partial charge on any atom is 0.261 e. The van der Waals surface area contributed by atoms with E-state index in [-0.39, 0.29) is 5.91 Å². The summed E-state index contributed by atoms with van der Waals surface area (Å²) >= 11 is 0. The minimum absolute atomic E-state index is 0.176. The normalized spacial score (nSPS) is 16.5. The number of hydrogen-bond acceptors (Lipinski definition) is 7. The van der Waals surface area contributed by atoms with Gasteiger partial charge in [0.25, 0.3) is 5.89 Å². The van der Waals surface area contributed by atoms with Crippen molar-refractivity contribution in [1.82, 2.24) is 20.0 Å². The van der Waals surface area contributed by atoms with Crippen LogP contribution in [0, 0.1) is 0 Å². The van der Waals surface area contributed by atoms with Crippen LogP contribution in [-0.4, -0.2) is 59.2 Å². The number of nitrogens with zero attached hydrogens (tertiary/aromatic N) is 5. The Bertz CT molecular complexity index is 1110. The number of para-hydroxylation sites is 1. The number of carbonyl (C=O) groups is 1. The summed E-state index contributed by atoms with van der Waals surface area (Å²) < 4.78 is 11.0. The molecule has 0 spiro atoms. The zero-order valence-electron chi connectivity index (χ0n) is 18.9. The fourth-order valence-corrected chi connectivity index (χ4v) is 4.36. The average molecular weight is 448 g/mol. The van der Waals surface area contributed by atoms with Gasteiger partial charge in [-0.05, 0) is 49.4 Å². The van der Waals surface area contributed by atoms with Crippen molar-refractivity contribution < 1.29 is 14.1 Å². The third-order valence-electron chi connectivity index (χ3n) is 6.35. The average Bonchev–Trinajstić information content (AvgIpc) is 3.64. The molecule has 5 rings (SSSR count). The molecule has 0 N–H and O–H groups in total. The van der Waals surface area contributed by atoms with E-state index in [1.165, 1.54) is 0 Å². The third-order valence-corrected chi connectivity index (χ3v) is 6.35. The molecular formula is C25H29N5O3. The Morgan fingerprint density at radius 3 is 2.85 bits per heavy atom. The highest BCUT2D eigenvalue weighted by Crippen LogP contribution is 2.39. The molecule has 3 aromatic rings. The maximum absolute atomic E-state index is 12.9. The predicted molar refractivity (Wildman–Crippen MR) is 124 cm³/mol. The van der Waals surface area contributed by atoms with Crippen molar-refractivity contribution in [1.29, 1.82) is 0 Å². The van der Waals surface area contributed by atoms with Gasteiger partial charge in [-0.15, -0.1) is 0 Å². The zero-order valence-corrected chi connectivity index (χ0v) is 18.9. The predicted octanol–water partition coefficient (Wildman–Crippen LogP) is 3.69. The molecule has 0 radical (unpaired) electrons. The van der Waals surface area contributed by atoms with Gasteiger partial charge in [0.2, 0.25) is 5.91 Å². The van der Waals surface area contributed by atoms with Gasteiger partial charge in [0.15, 0.2) is 5.82 Å². The van der Waals surface area contributed by atoms with E-state index in [2.05, 4.69) is 20.0 Å². The molecule has 2 aliphatic rings. The molecule has 1 amide bonds. The van der Waals surface area contributed by atoms with Crippen LogP contribution in [0.2, 0.25) is 0 Å². The zero-order chi connectivity index (χ0) is 22.6. The van der Waals surface area contributed by atoms with Crippen LogP contribution >= 0.6 is 0 Å². The Kier molecular flexibility index (Phi) is 6.24. The highest BCUT2D eigenvalue weighted by Gasteiger charge is 2.30. The van der Waals surface area contributed by atoms with E-state index in [1.54, 1.807) is 13.3 Å². The van der Waals surface area contributed by atoms with Gasteiger partial charge in [-0.2, -0.15) is 4.98 Å². The first kappa shape index (κ1) is 21.4. The van der Waals surface area contributed by atoms with Crippen LogP contribution in [0.15, 0.2) is 47.1 Å². The van der Waals surface area contributed by atoms with E-state index in [0.29, 0.717) is 37.7 Å². The second kappa shape index (κ2) is 9.60. The molecular weight excluding hydrogens is 418 g/mol. The summed E-state index contributed by atoms with van der Waals surface area (Å²) in [6, 6.07) is 11.8. The molecule has 1 saturated carbocycles. The third kappa shape index (κ3) is 4.84. The number of carbonyl (C=O) groups excluding carboxylic acids is 1. The summed E-state index contributed by atoms with van der Waals surface area (Å²) in [4.78, 5) is 26.4. The molecule has 2 fully saturated rings. The highest BCUT2D eigenvalue weighted by atomic mass is 16.5. The van der Waals surface area contributed by atoms with E-state index >= 15 is 0 Å². The van der Waals surface area contributed by atoms with E-state index < -0.39 is 0 Å². The second-order valence-electron chi connectivity index (χ2n) is 8.64. The summed E-state index contributed by atoms with van der Waals surface area (Å²) in [7, 11) is 1.66. The van der Waals surface area contributed by atoms with Crippen molar-refractivity contribution in [2.75, 3.05) is 38.2 Å². The van der Waals surface area contributed by atoms with Crippen LogP contribution in [0.3, 0.4) is 0 Å². The first-order chi connectivity index (χ1) is 16.2. The number of amides is 1. The van der Waals surface area contributed by atoms with Crippen LogP contribution < -0.4 is 9.64 Å². The quantitative estimate of drug-likeness (QED) is 0.546. The van der Waals surface area contributed by atoms with E-state index in [9.17, 15) is 4.79 Å². The van der Waals surface area contributed by atoms with Gasteiger partial charge in [-0.1, -0.05) is 23.4 Å². The van der Waals surface area contributed by atoms with Gasteiger partial charge in [-0.25, -0.2) is 4.98 Å². The van der Waals surface area contributed by atoms with Gasteiger partial charge in [0, 0.05) is 44.7 Å². The summed E-state index contributed by atoms with van der Waals surface area (Å²) in [5.74, 6) is 3.61.